The Kier molecular flexibility index (Phi) is 4.93. The van der Waals surface area contributed by atoms with Gasteiger partial charge in [0.15, 0.2) is 0 Å². The molecule has 0 fully saturated rings. The van der Waals surface area contributed by atoms with Crippen molar-refractivity contribution >= 4 is 0 Å². The Morgan fingerprint density at radius 1 is 1.55 bits per heavy atom. The van der Waals surface area contributed by atoms with E-state index >= 15 is 0 Å². The van der Waals surface area contributed by atoms with Crippen LogP contribution in [-0.2, 0) is 0 Å². The van der Waals surface area contributed by atoms with E-state index in [4.69, 9.17) is 0 Å². The zero-order chi connectivity index (χ0) is 8.85. The van der Waals surface area contributed by atoms with E-state index in [1.54, 1.807) is 0 Å². The third kappa shape index (κ3) is 4.02. The first kappa shape index (κ1) is 10.5. The Morgan fingerprint density at radius 3 is 2.36 bits per heavy atom. The SMILES string of the molecule is C=C=C(CC)[C@H](O)CC(C)C. The van der Waals surface area contributed by atoms with Crippen molar-refractivity contribution in [2.24, 2.45) is 5.92 Å². The van der Waals surface area contributed by atoms with Gasteiger partial charge in [-0.05, 0) is 24.3 Å². The number of rotatable bonds is 4. The van der Waals surface area contributed by atoms with Gasteiger partial charge in [-0.2, -0.15) is 0 Å². The number of aliphatic hydroxyl groups excluding tert-OH is 1. The number of hydrogen-bond donors (Lipinski definition) is 1. The van der Waals surface area contributed by atoms with Gasteiger partial charge in [0.1, 0.15) is 0 Å². The second-order valence-corrected chi connectivity index (χ2v) is 3.20. The van der Waals surface area contributed by atoms with Crippen molar-refractivity contribution in [1.82, 2.24) is 0 Å². The zero-order valence-electron chi connectivity index (χ0n) is 7.72. The Morgan fingerprint density at radius 2 is 2.09 bits per heavy atom. The maximum absolute atomic E-state index is 9.54. The molecule has 1 nitrogen and oxygen atoms in total. The van der Waals surface area contributed by atoms with Crippen molar-refractivity contribution in [3.63, 3.8) is 0 Å². The average Bonchev–Trinajstić information content (AvgIpc) is 1.88. The molecule has 0 saturated heterocycles. The van der Waals surface area contributed by atoms with Crippen LogP contribution in [0.2, 0.25) is 0 Å². The summed E-state index contributed by atoms with van der Waals surface area (Å²) in [7, 11) is 0. The molecule has 11 heavy (non-hydrogen) atoms. The molecule has 0 aliphatic rings. The molecule has 1 N–H and O–H groups in total. The van der Waals surface area contributed by atoms with E-state index in [2.05, 4.69) is 26.2 Å². The summed E-state index contributed by atoms with van der Waals surface area (Å²) in [5, 5.41) is 9.54. The van der Waals surface area contributed by atoms with Crippen LogP contribution in [0.1, 0.15) is 33.6 Å². The fourth-order valence-electron chi connectivity index (χ4n) is 1.07. The van der Waals surface area contributed by atoms with E-state index in [1.165, 1.54) is 0 Å². The molecule has 1 atom stereocenters. The molecule has 1 heteroatoms. The minimum atomic E-state index is -0.336. The summed E-state index contributed by atoms with van der Waals surface area (Å²) in [6.45, 7) is 9.74. The molecule has 0 aliphatic heterocycles. The van der Waals surface area contributed by atoms with E-state index in [0.717, 1.165) is 18.4 Å². The van der Waals surface area contributed by atoms with Crippen LogP contribution in [0.15, 0.2) is 17.9 Å². The first-order valence-electron chi connectivity index (χ1n) is 4.18. The van der Waals surface area contributed by atoms with E-state index in [1.807, 2.05) is 6.92 Å². The maximum Gasteiger partial charge on any atom is 0.0825 e. The van der Waals surface area contributed by atoms with Gasteiger partial charge in [0, 0.05) is 0 Å². The largest absolute Gasteiger partial charge is 0.388 e. The molecule has 0 aromatic rings. The molecule has 0 radical (unpaired) electrons. The molecule has 0 unspecified atom stereocenters. The van der Waals surface area contributed by atoms with Gasteiger partial charge in [0.25, 0.3) is 0 Å². The lowest BCUT2D eigenvalue weighted by molar-refractivity contribution is 0.180. The highest BCUT2D eigenvalue weighted by atomic mass is 16.3. The molecular weight excluding hydrogens is 136 g/mol. The monoisotopic (exact) mass is 154 g/mol. The molecule has 0 bridgehead atoms. The average molecular weight is 154 g/mol. The first-order valence-corrected chi connectivity index (χ1v) is 4.18. The third-order valence-corrected chi connectivity index (χ3v) is 1.70. The van der Waals surface area contributed by atoms with Crippen LogP contribution in [0, 0.1) is 5.92 Å². The van der Waals surface area contributed by atoms with Crippen molar-refractivity contribution in [3.05, 3.63) is 17.9 Å². The summed E-state index contributed by atoms with van der Waals surface area (Å²) in [6, 6.07) is 0. The quantitative estimate of drug-likeness (QED) is 0.617. The number of aliphatic hydroxyl groups is 1. The highest BCUT2D eigenvalue weighted by Gasteiger charge is 2.09. The topological polar surface area (TPSA) is 20.2 Å². The molecule has 0 spiro atoms. The molecule has 0 aliphatic carbocycles. The van der Waals surface area contributed by atoms with Crippen LogP contribution in [0.3, 0.4) is 0 Å². The van der Waals surface area contributed by atoms with Crippen LogP contribution in [0.5, 0.6) is 0 Å². The summed E-state index contributed by atoms with van der Waals surface area (Å²) in [5.74, 6) is 0.528. The van der Waals surface area contributed by atoms with Crippen molar-refractivity contribution in [1.29, 1.82) is 0 Å². The van der Waals surface area contributed by atoms with Crippen LogP contribution >= 0.6 is 0 Å². The summed E-state index contributed by atoms with van der Waals surface area (Å²) in [5.41, 5.74) is 3.70. The zero-order valence-corrected chi connectivity index (χ0v) is 7.72. The molecule has 0 aromatic carbocycles. The molecule has 0 rings (SSSR count). The Bertz CT molecular complexity index is 152. The summed E-state index contributed by atoms with van der Waals surface area (Å²) in [4.78, 5) is 0. The Balaban J connectivity index is 4.01. The van der Waals surface area contributed by atoms with Gasteiger partial charge in [0.05, 0.1) is 6.10 Å². The lowest BCUT2D eigenvalue weighted by Gasteiger charge is -2.13. The highest BCUT2D eigenvalue weighted by molar-refractivity contribution is 5.04. The molecular formula is C10H18O. The lowest BCUT2D eigenvalue weighted by Crippen LogP contribution is -2.12. The van der Waals surface area contributed by atoms with Gasteiger partial charge in [0.2, 0.25) is 0 Å². The normalized spacial score (nSPS) is 12.8. The van der Waals surface area contributed by atoms with Crippen molar-refractivity contribution in [2.45, 2.75) is 39.7 Å². The van der Waals surface area contributed by atoms with E-state index in [-0.39, 0.29) is 6.10 Å². The fraction of sp³-hybridized carbons (Fsp3) is 0.700. The summed E-state index contributed by atoms with van der Waals surface area (Å²) >= 11 is 0. The number of hydrogen-bond acceptors (Lipinski definition) is 1. The van der Waals surface area contributed by atoms with Gasteiger partial charge in [-0.15, -0.1) is 5.73 Å². The molecule has 0 heterocycles. The highest BCUT2D eigenvalue weighted by Crippen LogP contribution is 2.13. The summed E-state index contributed by atoms with van der Waals surface area (Å²) in [6.07, 6.45) is 1.32. The molecule has 0 aromatic heterocycles. The Hall–Kier alpha value is -0.520. The maximum atomic E-state index is 9.54. The van der Waals surface area contributed by atoms with E-state index < -0.39 is 0 Å². The standard InChI is InChI=1S/C10H18O/c1-5-9(6-2)10(11)7-8(3)4/h8,10-11H,1,6-7H2,2-4H3/t10-/m1/s1. The van der Waals surface area contributed by atoms with E-state index in [0.29, 0.717) is 5.92 Å². The van der Waals surface area contributed by atoms with Gasteiger partial charge in [-0.25, -0.2) is 0 Å². The van der Waals surface area contributed by atoms with Gasteiger partial charge in [-0.1, -0.05) is 27.4 Å². The van der Waals surface area contributed by atoms with E-state index in [9.17, 15) is 5.11 Å². The minimum Gasteiger partial charge on any atom is -0.388 e. The van der Waals surface area contributed by atoms with Crippen LogP contribution in [0.25, 0.3) is 0 Å². The van der Waals surface area contributed by atoms with Crippen molar-refractivity contribution in [2.75, 3.05) is 0 Å². The van der Waals surface area contributed by atoms with Gasteiger partial charge >= 0.3 is 0 Å². The van der Waals surface area contributed by atoms with Crippen LogP contribution < -0.4 is 0 Å². The predicted molar refractivity (Wildman–Crippen MR) is 48.4 cm³/mol. The molecule has 0 saturated carbocycles. The Labute approximate surface area is 69.4 Å². The second-order valence-electron chi connectivity index (χ2n) is 3.20. The smallest absolute Gasteiger partial charge is 0.0825 e. The third-order valence-electron chi connectivity index (χ3n) is 1.70. The first-order chi connectivity index (χ1) is 5.11. The van der Waals surface area contributed by atoms with Gasteiger partial charge < -0.3 is 5.11 Å². The molecule has 0 amide bonds. The van der Waals surface area contributed by atoms with Crippen LogP contribution in [0.4, 0.5) is 0 Å². The minimum absolute atomic E-state index is 0.336. The van der Waals surface area contributed by atoms with Crippen molar-refractivity contribution in [3.8, 4) is 0 Å². The fourth-order valence-corrected chi connectivity index (χ4v) is 1.07. The van der Waals surface area contributed by atoms with Crippen LogP contribution in [-0.4, -0.2) is 11.2 Å². The van der Waals surface area contributed by atoms with Crippen molar-refractivity contribution < 1.29 is 5.11 Å². The summed E-state index contributed by atoms with van der Waals surface area (Å²) < 4.78 is 0. The predicted octanol–water partition coefficient (Wildman–Crippen LogP) is 2.51. The lowest BCUT2D eigenvalue weighted by atomic mass is 9.99. The van der Waals surface area contributed by atoms with Gasteiger partial charge in [-0.3, -0.25) is 0 Å². The second kappa shape index (κ2) is 5.17. The molecule has 64 valence electrons.